The van der Waals surface area contributed by atoms with Crippen LogP contribution in [0.25, 0.3) is 32.9 Å². The molecule has 0 aliphatic rings. The van der Waals surface area contributed by atoms with Crippen molar-refractivity contribution in [3.05, 3.63) is 72.1 Å². The van der Waals surface area contributed by atoms with Crippen molar-refractivity contribution in [2.45, 2.75) is 4.90 Å². The summed E-state index contributed by atoms with van der Waals surface area (Å²) in [6.45, 7) is 0. The zero-order chi connectivity index (χ0) is 22.5. The summed E-state index contributed by atoms with van der Waals surface area (Å²) in [5, 5.41) is 10.9. The van der Waals surface area contributed by atoms with Gasteiger partial charge in [-0.25, -0.2) is 13.4 Å². The van der Waals surface area contributed by atoms with Crippen LogP contribution in [-0.2, 0) is 16.9 Å². The monoisotopic (exact) mass is 463 g/mol. The van der Waals surface area contributed by atoms with E-state index in [1.165, 1.54) is 6.26 Å². The second-order valence-corrected chi connectivity index (χ2v) is 9.93. The van der Waals surface area contributed by atoms with Crippen LogP contribution in [-0.4, -0.2) is 34.4 Å². The van der Waals surface area contributed by atoms with Crippen LogP contribution in [0.5, 0.6) is 0 Å². The molecular weight excluding hydrogens is 446 g/mol. The Morgan fingerprint density at radius 1 is 1.00 bits per heavy atom. The number of sulfone groups is 1. The number of halogens is 1. The Kier molecular flexibility index (Phi) is 4.83. The third-order valence-corrected chi connectivity index (χ3v) is 6.73. The third kappa shape index (κ3) is 3.68. The maximum Gasteiger partial charge on any atom is 0.175 e. The quantitative estimate of drug-likeness (QED) is 0.404. The number of hydrogen-bond acceptors (Lipinski definition) is 6. The molecule has 5 rings (SSSR count). The number of nitrogens with zero attached hydrogens (tertiary/aromatic N) is 4. The van der Waals surface area contributed by atoms with Crippen LogP contribution in [0.1, 0.15) is 0 Å². The molecule has 32 heavy (non-hydrogen) atoms. The number of aryl methyl sites for hydroxylation is 1. The summed E-state index contributed by atoms with van der Waals surface area (Å²) in [6.07, 6.45) is 6.58. The highest BCUT2D eigenvalue weighted by Gasteiger charge is 2.14. The van der Waals surface area contributed by atoms with Gasteiger partial charge in [-0.3, -0.25) is 9.67 Å². The Hall–Kier alpha value is -3.49. The highest BCUT2D eigenvalue weighted by Crippen LogP contribution is 2.36. The summed E-state index contributed by atoms with van der Waals surface area (Å²) >= 11 is 6.74. The summed E-state index contributed by atoms with van der Waals surface area (Å²) in [7, 11) is -1.39. The van der Waals surface area contributed by atoms with E-state index in [9.17, 15) is 8.42 Å². The van der Waals surface area contributed by atoms with Crippen molar-refractivity contribution in [3.63, 3.8) is 0 Å². The van der Waals surface area contributed by atoms with Crippen molar-refractivity contribution in [3.8, 4) is 11.3 Å². The van der Waals surface area contributed by atoms with Gasteiger partial charge in [-0.2, -0.15) is 5.10 Å². The van der Waals surface area contributed by atoms with Crippen molar-refractivity contribution in [1.82, 2.24) is 19.7 Å². The summed E-state index contributed by atoms with van der Waals surface area (Å²) in [5.74, 6) is 0.609. The first kappa shape index (κ1) is 20.4. The van der Waals surface area contributed by atoms with Gasteiger partial charge in [-0.05, 0) is 48.5 Å². The van der Waals surface area contributed by atoms with Crippen molar-refractivity contribution in [2.24, 2.45) is 7.05 Å². The van der Waals surface area contributed by atoms with Crippen molar-refractivity contribution in [2.75, 3.05) is 11.6 Å². The molecule has 0 saturated heterocycles. The average molecular weight is 464 g/mol. The smallest absolute Gasteiger partial charge is 0.175 e. The lowest BCUT2D eigenvalue weighted by molar-refractivity contribution is 0.602. The molecule has 0 atom stereocenters. The molecule has 5 aromatic rings. The topological polar surface area (TPSA) is 89.8 Å². The minimum Gasteiger partial charge on any atom is -0.340 e. The number of benzene rings is 2. The van der Waals surface area contributed by atoms with Gasteiger partial charge in [0.25, 0.3) is 0 Å². The van der Waals surface area contributed by atoms with Crippen molar-refractivity contribution >= 4 is 54.6 Å². The van der Waals surface area contributed by atoms with Gasteiger partial charge in [0.05, 0.1) is 21.1 Å². The summed E-state index contributed by atoms with van der Waals surface area (Å²) in [5.41, 5.74) is 3.11. The maximum atomic E-state index is 11.7. The molecule has 3 aromatic heterocycles. The SMILES string of the molecule is Cn1cc2c(Cl)c(-c3nccc4cnc(Nc5ccc(S(C)(=O)=O)cc5)cc34)ccc2n1. The Bertz CT molecular complexity index is 1590. The molecule has 9 heteroatoms. The summed E-state index contributed by atoms with van der Waals surface area (Å²) in [6, 6.07) is 14.2. The predicted octanol–water partition coefficient (Wildman–Crippen LogP) is 4.98. The highest BCUT2D eigenvalue weighted by atomic mass is 35.5. The Balaban J connectivity index is 1.57. The van der Waals surface area contributed by atoms with E-state index < -0.39 is 9.84 Å². The molecule has 0 unspecified atom stereocenters. The van der Waals surface area contributed by atoms with Crippen LogP contribution in [0.15, 0.2) is 72.0 Å². The van der Waals surface area contributed by atoms with Gasteiger partial charge in [0.15, 0.2) is 9.84 Å². The molecule has 0 aliphatic carbocycles. The zero-order valence-electron chi connectivity index (χ0n) is 17.2. The van der Waals surface area contributed by atoms with Crippen molar-refractivity contribution < 1.29 is 8.42 Å². The molecule has 160 valence electrons. The number of fused-ring (bicyclic) bond motifs is 2. The zero-order valence-corrected chi connectivity index (χ0v) is 18.8. The number of aromatic nitrogens is 4. The van der Waals surface area contributed by atoms with E-state index >= 15 is 0 Å². The largest absolute Gasteiger partial charge is 0.340 e. The Labute approximate surface area is 189 Å². The van der Waals surface area contributed by atoms with Crippen LogP contribution in [0.3, 0.4) is 0 Å². The van der Waals surface area contributed by atoms with Gasteiger partial charge >= 0.3 is 0 Å². The van der Waals surface area contributed by atoms with Crippen LogP contribution < -0.4 is 5.32 Å². The van der Waals surface area contributed by atoms with Gasteiger partial charge in [-0.15, -0.1) is 0 Å². The standard InChI is InChI=1S/C23H18ClN5O2S/c1-29-13-19-20(28-29)8-7-17(22(19)24)23-18-11-21(26-12-14(18)9-10-25-23)27-15-3-5-16(6-4-15)32(2,30)31/h3-13H,1-2H3,(H,26,27). The number of hydrogen-bond donors (Lipinski definition) is 1. The minimum atomic E-state index is -3.25. The van der Waals surface area contributed by atoms with E-state index in [-0.39, 0.29) is 4.90 Å². The fourth-order valence-corrected chi connectivity index (χ4v) is 4.57. The second kappa shape index (κ2) is 7.58. The van der Waals surface area contributed by atoms with E-state index in [1.54, 1.807) is 41.3 Å². The molecule has 0 amide bonds. The predicted molar refractivity (Wildman–Crippen MR) is 127 cm³/mol. The van der Waals surface area contributed by atoms with Gasteiger partial charge in [0.2, 0.25) is 0 Å². The molecule has 0 saturated carbocycles. The molecule has 0 fully saturated rings. The molecule has 7 nitrogen and oxygen atoms in total. The first-order valence-electron chi connectivity index (χ1n) is 9.74. The van der Waals surface area contributed by atoms with Crippen LogP contribution in [0.2, 0.25) is 5.02 Å². The van der Waals surface area contributed by atoms with E-state index in [0.29, 0.717) is 10.8 Å². The fraction of sp³-hybridized carbons (Fsp3) is 0.0870. The molecule has 1 N–H and O–H groups in total. The lowest BCUT2D eigenvalue weighted by Crippen LogP contribution is -1.98. The number of nitrogens with one attached hydrogen (secondary N) is 1. The lowest BCUT2D eigenvalue weighted by Gasteiger charge is -2.11. The summed E-state index contributed by atoms with van der Waals surface area (Å²) in [4.78, 5) is 9.35. The average Bonchev–Trinajstić information content (AvgIpc) is 3.15. The Morgan fingerprint density at radius 3 is 2.53 bits per heavy atom. The molecule has 0 aliphatic heterocycles. The molecular formula is C23H18ClN5O2S. The first-order chi connectivity index (χ1) is 15.3. The number of anilines is 2. The summed E-state index contributed by atoms with van der Waals surface area (Å²) < 4.78 is 25.1. The molecule has 2 aromatic carbocycles. The van der Waals surface area contributed by atoms with Crippen molar-refractivity contribution in [1.29, 1.82) is 0 Å². The lowest BCUT2D eigenvalue weighted by atomic mass is 10.0. The number of pyridine rings is 2. The highest BCUT2D eigenvalue weighted by molar-refractivity contribution is 7.90. The fourth-order valence-electron chi connectivity index (χ4n) is 3.64. The number of rotatable bonds is 4. The van der Waals surface area contributed by atoms with Crippen LogP contribution in [0.4, 0.5) is 11.5 Å². The maximum absolute atomic E-state index is 11.7. The van der Waals surface area contributed by atoms with Gasteiger partial charge in [0, 0.05) is 59.3 Å². The van der Waals surface area contributed by atoms with E-state index in [4.69, 9.17) is 11.6 Å². The van der Waals surface area contributed by atoms with Crippen LogP contribution >= 0.6 is 11.6 Å². The second-order valence-electron chi connectivity index (χ2n) is 7.53. The molecule has 0 radical (unpaired) electrons. The van der Waals surface area contributed by atoms with E-state index in [0.717, 1.165) is 38.6 Å². The minimum absolute atomic E-state index is 0.265. The van der Waals surface area contributed by atoms with E-state index in [1.807, 2.05) is 37.5 Å². The van der Waals surface area contributed by atoms with Gasteiger partial charge < -0.3 is 5.32 Å². The normalized spacial score (nSPS) is 11.8. The molecule has 0 spiro atoms. The molecule has 0 bridgehead atoms. The Morgan fingerprint density at radius 2 is 1.78 bits per heavy atom. The molecule has 3 heterocycles. The first-order valence-corrected chi connectivity index (χ1v) is 12.0. The van der Waals surface area contributed by atoms with E-state index in [2.05, 4.69) is 20.4 Å². The van der Waals surface area contributed by atoms with Crippen LogP contribution in [0, 0.1) is 0 Å². The third-order valence-electron chi connectivity index (χ3n) is 5.20. The van der Waals surface area contributed by atoms with Gasteiger partial charge in [-0.1, -0.05) is 11.6 Å². The van der Waals surface area contributed by atoms with Gasteiger partial charge in [0.1, 0.15) is 5.82 Å².